The van der Waals surface area contributed by atoms with E-state index in [1.807, 2.05) is 11.8 Å². The molecule has 1 aromatic carbocycles. The first-order valence-electron chi connectivity index (χ1n) is 8.81. The van der Waals surface area contributed by atoms with Gasteiger partial charge in [-0.05, 0) is 70.5 Å². The van der Waals surface area contributed by atoms with E-state index in [1.54, 1.807) is 0 Å². The molecule has 3 rings (SSSR count). The molecule has 0 N–H and O–H groups in total. The zero-order valence-electron chi connectivity index (χ0n) is 14.4. The number of ether oxygens (including phenoxy) is 1. The standard InChI is InChI=1S/C19H28N2OS/c1-19(2)15-23-18(20-19)16-7-9-17(10-8-16)22-14-6-13-21-11-4-3-5-12-21/h7-10H,3-6,11-15H2,1-2H3. The van der Waals surface area contributed by atoms with Crippen LogP contribution in [0.5, 0.6) is 5.75 Å². The molecule has 0 aromatic heterocycles. The summed E-state index contributed by atoms with van der Waals surface area (Å²) in [5.74, 6) is 2.03. The van der Waals surface area contributed by atoms with E-state index in [2.05, 4.69) is 43.0 Å². The van der Waals surface area contributed by atoms with Crippen molar-refractivity contribution < 1.29 is 4.74 Å². The molecule has 1 fully saturated rings. The zero-order valence-corrected chi connectivity index (χ0v) is 15.2. The summed E-state index contributed by atoms with van der Waals surface area (Å²) in [7, 11) is 0. The highest BCUT2D eigenvalue weighted by Crippen LogP contribution is 2.30. The fourth-order valence-electron chi connectivity index (χ4n) is 3.09. The molecule has 0 bridgehead atoms. The maximum Gasteiger partial charge on any atom is 0.119 e. The molecule has 4 heteroatoms. The summed E-state index contributed by atoms with van der Waals surface area (Å²) in [6, 6.07) is 8.41. The van der Waals surface area contributed by atoms with E-state index in [1.165, 1.54) is 44.5 Å². The number of likely N-dealkylation sites (tertiary alicyclic amines) is 1. The molecule has 23 heavy (non-hydrogen) atoms. The third-order valence-corrected chi connectivity index (χ3v) is 5.85. The Balaban J connectivity index is 1.43. The van der Waals surface area contributed by atoms with Crippen LogP contribution in [-0.4, -0.2) is 47.5 Å². The van der Waals surface area contributed by atoms with Crippen molar-refractivity contribution in [1.29, 1.82) is 0 Å². The van der Waals surface area contributed by atoms with Gasteiger partial charge in [0.25, 0.3) is 0 Å². The number of thioether (sulfide) groups is 1. The summed E-state index contributed by atoms with van der Waals surface area (Å²) in [5.41, 5.74) is 1.28. The monoisotopic (exact) mass is 332 g/mol. The van der Waals surface area contributed by atoms with Gasteiger partial charge >= 0.3 is 0 Å². The molecule has 2 aliphatic rings. The molecule has 0 radical (unpaired) electrons. The van der Waals surface area contributed by atoms with Gasteiger partial charge in [0.2, 0.25) is 0 Å². The predicted molar refractivity (Wildman–Crippen MR) is 99.9 cm³/mol. The van der Waals surface area contributed by atoms with Crippen LogP contribution in [0.15, 0.2) is 29.3 Å². The Morgan fingerprint density at radius 3 is 2.52 bits per heavy atom. The van der Waals surface area contributed by atoms with Crippen LogP contribution in [0.4, 0.5) is 0 Å². The third-order valence-electron chi connectivity index (χ3n) is 4.40. The number of nitrogens with zero attached hydrogens (tertiary/aromatic N) is 2. The van der Waals surface area contributed by atoms with Gasteiger partial charge in [0.05, 0.1) is 17.2 Å². The van der Waals surface area contributed by atoms with Crippen molar-refractivity contribution in [3.63, 3.8) is 0 Å². The SMILES string of the molecule is CC1(C)CSC(c2ccc(OCCCN3CCCCC3)cc2)=N1. The average Bonchev–Trinajstić information content (AvgIpc) is 2.93. The maximum atomic E-state index is 5.88. The van der Waals surface area contributed by atoms with E-state index in [-0.39, 0.29) is 5.54 Å². The Morgan fingerprint density at radius 1 is 1.13 bits per heavy atom. The topological polar surface area (TPSA) is 24.8 Å². The van der Waals surface area contributed by atoms with E-state index < -0.39 is 0 Å². The predicted octanol–water partition coefficient (Wildman–Crippen LogP) is 4.21. The Bertz CT molecular complexity index is 533. The van der Waals surface area contributed by atoms with Crippen molar-refractivity contribution >= 4 is 16.8 Å². The number of aliphatic imine (C=N–C) groups is 1. The molecule has 1 aromatic rings. The second-order valence-electron chi connectivity index (χ2n) is 7.15. The minimum Gasteiger partial charge on any atom is -0.494 e. The van der Waals surface area contributed by atoms with Gasteiger partial charge < -0.3 is 9.64 Å². The summed E-state index contributed by atoms with van der Waals surface area (Å²) < 4.78 is 5.88. The molecule has 0 aliphatic carbocycles. The van der Waals surface area contributed by atoms with Crippen molar-refractivity contribution in [2.75, 3.05) is 32.0 Å². The van der Waals surface area contributed by atoms with Crippen molar-refractivity contribution in [1.82, 2.24) is 4.90 Å². The lowest BCUT2D eigenvalue weighted by Crippen LogP contribution is -2.31. The van der Waals surface area contributed by atoms with Crippen LogP contribution in [0.25, 0.3) is 0 Å². The van der Waals surface area contributed by atoms with Gasteiger partial charge in [-0.3, -0.25) is 4.99 Å². The Kier molecular flexibility index (Phi) is 5.65. The smallest absolute Gasteiger partial charge is 0.119 e. The second kappa shape index (κ2) is 7.71. The number of hydrogen-bond donors (Lipinski definition) is 0. The average molecular weight is 333 g/mol. The van der Waals surface area contributed by atoms with E-state index in [9.17, 15) is 0 Å². The van der Waals surface area contributed by atoms with E-state index in [4.69, 9.17) is 9.73 Å². The normalized spacial score (nSPS) is 21.2. The third kappa shape index (κ3) is 4.98. The van der Waals surface area contributed by atoms with E-state index >= 15 is 0 Å². The Labute approximate surface area is 144 Å². The van der Waals surface area contributed by atoms with Crippen LogP contribution in [0.3, 0.4) is 0 Å². The summed E-state index contributed by atoms with van der Waals surface area (Å²) in [4.78, 5) is 7.34. The van der Waals surface area contributed by atoms with Gasteiger partial charge in [-0.2, -0.15) is 0 Å². The number of rotatable bonds is 6. The van der Waals surface area contributed by atoms with E-state index in [0.29, 0.717) is 0 Å². The summed E-state index contributed by atoms with van der Waals surface area (Å²) >= 11 is 1.85. The van der Waals surface area contributed by atoms with Gasteiger partial charge in [-0.1, -0.05) is 6.42 Å². The lowest BCUT2D eigenvalue weighted by Gasteiger charge is -2.26. The largest absolute Gasteiger partial charge is 0.494 e. The fourth-order valence-corrected chi connectivity index (χ4v) is 4.26. The molecule has 2 heterocycles. The zero-order chi connectivity index (χ0) is 16.1. The molecule has 0 saturated carbocycles. The number of piperidine rings is 1. The van der Waals surface area contributed by atoms with Gasteiger partial charge in [0.15, 0.2) is 0 Å². The van der Waals surface area contributed by atoms with Crippen LogP contribution in [0, 0.1) is 0 Å². The number of benzene rings is 1. The highest BCUT2D eigenvalue weighted by atomic mass is 32.2. The van der Waals surface area contributed by atoms with E-state index in [0.717, 1.165) is 29.6 Å². The Hall–Kier alpha value is -1.00. The molecule has 2 aliphatic heterocycles. The molecule has 0 spiro atoms. The van der Waals surface area contributed by atoms with Crippen molar-refractivity contribution in [3.05, 3.63) is 29.8 Å². The van der Waals surface area contributed by atoms with Gasteiger partial charge in [-0.15, -0.1) is 11.8 Å². The molecule has 126 valence electrons. The minimum absolute atomic E-state index is 0.0730. The van der Waals surface area contributed by atoms with Crippen LogP contribution in [0.1, 0.15) is 45.1 Å². The quantitative estimate of drug-likeness (QED) is 0.729. The molecular weight excluding hydrogens is 304 g/mol. The van der Waals surface area contributed by atoms with Gasteiger partial charge in [0, 0.05) is 17.9 Å². The van der Waals surface area contributed by atoms with Crippen LogP contribution < -0.4 is 4.74 Å². The highest BCUT2D eigenvalue weighted by Gasteiger charge is 2.25. The van der Waals surface area contributed by atoms with Crippen LogP contribution in [-0.2, 0) is 0 Å². The van der Waals surface area contributed by atoms with Gasteiger partial charge in [-0.25, -0.2) is 0 Å². The first kappa shape index (κ1) is 16.8. The molecule has 3 nitrogen and oxygen atoms in total. The first-order valence-corrected chi connectivity index (χ1v) is 9.79. The summed E-state index contributed by atoms with van der Waals surface area (Å²) in [6.45, 7) is 8.88. The van der Waals surface area contributed by atoms with Crippen molar-refractivity contribution in [2.24, 2.45) is 4.99 Å². The Morgan fingerprint density at radius 2 is 1.87 bits per heavy atom. The molecular formula is C19H28N2OS. The highest BCUT2D eigenvalue weighted by molar-refractivity contribution is 8.14. The van der Waals surface area contributed by atoms with Crippen molar-refractivity contribution in [2.45, 2.75) is 45.1 Å². The van der Waals surface area contributed by atoms with Crippen LogP contribution in [0.2, 0.25) is 0 Å². The maximum absolute atomic E-state index is 5.88. The van der Waals surface area contributed by atoms with Crippen molar-refractivity contribution in [3.8, 4) is 5.75 Å². The first-order chi connectivity index (χ1) is 11.1. The summed E-state index contributed by atoms with van der Waals surface area (Å²) in [6.07, 6.45) is 5.24. The minimum atomic E-state index is 0.0730. The lowest BCUT2D eigenvalue weighted by atomic mass is 10.1. The lowest BCUT2D eigenvalue weighted by molar-refractivity contribution is 0.205. The second-order valence-corrected chi connectivity index (χ2v) is 8.11. The molecule has 0 amide bonds. The summed E-state index contributed by atoms with van der Waals surface area (Å²) in [5, 5.41) is 1.16. The molecule has 0 unspecified atom stereocenters. The van der Waals surface area contributed by atoms with Crippen LogP contribution >= 0.6 is 11.8 Å². The number of hydrogen-bond acceptors (Lipinski definition) is 4. The van der Waals surface area contributed by atoms with Gasteiger partial charge in [0.1, 0.15) is 5.75 Å². The fraction of sp³-hybridized carbons (Fsp3) is 0.632. The molecule has 1 saturated heterocycles. The molecule has 0 atom stereocenters.